The molecule has 0 aliphatic carbocycles. The number of benzene rings is 1. The van der Waals surface area contributed by atoms with Gasteiger partial charge in [0, 0.05) is 16.5 Å². The average molecular weight is 381 g/mol. The lowest BCUT2D eigenvalue weighted by Gasteiger charge is -2.02. The van der Waals surface area contributed by atoms with E-state index < -0.39 is 0 Å². The molecule has 0 atom stereocenters. The molecule has 4 rings (SSSR count). The third kappa shape index (κ3) is 3.26. The molecule has 4 aromatic rings. The van der Waals surface area contributed by atoms with E-state index in [0.717, 1.165) is 21.8 Å². The van der Waals surface area contributed by atoms with Crippen molar-refractivity contribution in [2.75, 3.05) is 12.4 Å². The number of methoxy groups -OCH3 is 1. The van der Waals surface area contributed by atoms with E-state index in [9.17, 15) is 4.79 Å². The van der Waals surface area contributed by atoms with Gasteiger partial charge in [0.05, 0.1) is 18.5 Å². The second-order valence-electron chi connectivity index (χ2n) is 5.45. The molecule has 1 aromatic carbocycles. The Kier molecular flexibility index (Phi) is 4.55. The Bertz CT molecular complexity index is 1020. The van der Waals surface area contributed by atoms with Crippen LogP contribution in [0.25, 0.3) is 21.8 Å². The van der Waals surface area contributed by atoms with E-state index in [1.165, 1.54) is 22.7 Å². The maximum atomic E-state index is 12.7. The molecule has 3 aromatic heterocycles. The predicted molar refractivity (Wildman–Crippen MR) is 106 cm³/mol. The zero-order valence-electron chi connectivity index (χ0n) is 13.9. The number of hydrogen-bond acceptors (Lipinski definition) is 5. The third-order valence-corrected chi connectivity index (χ3v) is 5.70. The fraction of sp³-hybridized carbons (Fsp3) is 0.0526. The number of aromatic amines is 1. The number of nitrogens with one attached hydrogen (secondary N) is 2. The van der Waals surface area contributed by atoms with Gasteiger partial charge in [-0.1, -0.05) is 30.3 Å². The molecule has 7 heteroatoms. The van der Waals surface area contributed by atoms with Crippen molar-refractivity contribution in [2.45, 2.75) is 0 Å². The van der Waals surface area contributed by atoms with Gasteiger partial charge in [0.2, 0.25) is 0 Å². The summed E-state index contributed by atoms with van der Waals surface area (Å²) in [7, 11) is 1.57. The molecule has 0 saturated carbocycles. The van der Waals surface area contributed by atoms with Gasteiger partial charge in [-0.05, 0) is 23.8 Å². The Labute approximate surface area is 158 Å². The Hall–Kier alpha value is -2.90. The summed E-state index contributed by atoms with van der Waals surface area (Å²) in [6.45, 7) is 0. The summed E-state index contributed by atoms with van der Waals surface area (Å²) in [5.74, 6) is 0.342. The molecule has 0 saturated heterocycles. The van der Waals surface area contributed by atoms with Gasteiger partial charge in [-0.3, -0.25) is 10.1 Å². The van der Waals surface area contributed by atoms with Crippen molar-refractivity contribution in [3.63, 3.8) is 0 Å². The van der Waals surface area contributed by atoms with Crippen molar-refractivity contribution in [3.05, 3.63) is 65.0 Å². The highest BCUT2D eigenvalue weighted by Gasteiger charge is 2.19. The van der Waals surface area contributed by atoms with E-state index in [0.29, 0.717) is 15.8 Å². The number of rotatable bonds is 5. The molecule has 0 bridgehead atoms. The highest BCUT2D eigenvalue weighted by molar-refractivity contribution is 7.18. The summed E-state index contributed by atoms with van der Waals surface area (Å²) in [6.07, 6.45) is 1.84. The van der Waals surface area contributed by atoms with Crippen LogP contribution < -0.4 is 10.1 Å². The van der Waals surface area contributed by atoms with Crippen LogP contribution in [0.5, 0.6) is 5.75 Å². The summed E-state index contributed by atoms with van der Waals surface area (Å²) < 4.78 is 5.40. The number of ether oxygens (including phenoxy) is 1. The lowest BCUT2D eigenvalue weighted by atomic mass is 10.2. The number of carbonyl (C=O) groups excluding carboxylic acids is 1. The second-order valence-corrected chi connectivity index (χ2v) is 7.36. The quantitative estimate of drug-likeness (QED) is 0.504. The van der Waals surface area contributed by atoms with Gasteiger partial charge in [-0.2, -0.15) is 0 Å². The second kappa shape index (κ2) is 7.15. The van der Waals surface area contributed by atoms with Crippen LogP contribution >= 0.6 is 22.7 Å². The van der Waals surface area contributed by atoms with Gasteiger partial charge in [-0.25, -0.2) is 4.98 Å². The molecule has 0 unspecified atom stereocenters. The first-order chi connectivity index (χ1) is 12.7. The largest absolute Gasteiger partial charge is 0.495 e. The molecule has 0 spiro atoms. The number of thiophene rings is 1. The van der Waals surface area contributed by atoms with Crippen LogP contribution in [0.15, 0.2) is 60.1 Å². The first-order valence-electron chi connectivity index (χ1n) is 7.88. The molecule has 0 radical (unpaired) electrons. The lowest BCUT2D eigenvalue weighted by molar-refractivity contribution is 0.102. The molecule has 26 heavy (non-hydrogen) atoms. The number of hydrogen-bond donors (Lipinski definition) is 2. The van der Waals surface area contributed by atoms with Crippen LogP contribution in [-0.4, -0.2) is 23.0 Å². The van der Waals surface area contributed by atoms with Crippen molar-refractivity contribution in [1.29, 1.82) is 0 Å². The number of amides is 1. The number of anilines is 1. The summed E-state index contributed by atoms with van der Waals surface area (Å²) >= 11 is 2.79. The van der Waals surface area contributed by atoms with Gasteiger partial charge in [0.1, 0.15) is 10.6 Å². The van der Waals surface area contributed by atoms with Gasteiger partial charge >= 0.3 is 0 Å². The number of carbonyl (C=O) groups is 1. The molecule has 2 N–H and O–H groups in total. The molecule has 1 amide bonds. The maximum Gasteiger partial charge on any atom is 0.271 e. The molecule has 0 aliphatic rings. The summed E-state index contributed by atoms with van der Waals surface area (Å²) in [4.78, 5) is 21.8. The topological polar surface area (TPSA) is 67.0 Å². The Morgan fingerprint density at radius 1 is 1.19 bits per heavy atom. The highest BCUT2D eigenvalue weighted by atomic mass is 32.1. The van der Waals surface area contributed by atoms with E-state index in [1.54, 1.807) is 7.11 Å². The van der Waals surface area contributed by atoms with Crippen molar-refractivity contribution >= 4 is 33.7 Å². The standard InChI is InChI=1S/C19H15N3O2S2/c1-24-15-10-16(12-6-3-2-4-7-12)26-17(15)18(23)22-19-21-14(11-25-19)13-8-5-9-20-13/h2-11,20H,1H3,(H,21,22,23). The smallest absolute Gasteiger partial charge is 0.271 e. The van der Waals surface area contributed by atoms with E-state index >= 15 is 0 Å². The highest BCUT2D eigenvalue weighted by Crippen LogP contribution is 2.36. The molecule has 0 aliphatic heterocycles. The maximum absolute atomic E-state index is 12.7. The molecular weight excluding hydrogens is 366 g/mol. The predicted octanol–water partition coefficient (Wildman–Crippen LogP) is 5.13. The van der Waals surface area contributed by atoms with Gasteiger partial charge < -0.3 is 9.72 Å². The Morgan fingerprint density at radius 2 is 2.04 bits per heavy atom. The minimum atomic E-state index is -0.221. The van der Waals surface area contributed by atoms with Gasteiger partial charge in [0.15, 0.2) is 5.13 Å². The van der Waals surface area contributed by atoms with E-state index in [2.05, 4.69) is 15.3 Å². The van der Waals surface area contributed by atoms with Crippen molar-refractivity contribution in [3.8, 4) is 27.6 Å². The molecule has 3 heterocycles. The zero-order chi connectivity index (χ0) is 17.9. The van der Waals surface area contributed by atoms with Crippen molar-refractivity contribution in [2.24, 2.45) is 0 Å². The molecule has 130 valence electrons. The minimum absolute atomic E-state index is 0.221. The third-order valence-electron chi connectivity index (χ3n) is 3.78. The normalized spacial score (nSPS) is 10.7. The number of nitrogens with zero attached hydrogens (tertiary/aromatic N) is 1. The average Bonchev–Trinajstić information content (AvgIpc) is 3.42. The number of aromatic nitrogens is 2. The van der Waals surface area contributed by atoms with Crippen LogP contribution in [0.4, 0.5) is 5.13 Å². The van der Waals surface area contributed by atoms with Crippen LogP contribution in [0.1, 0.15) is 9.67 Å². The number of H-pyrrole nitrogens is 1. The van der Waals surface area contributed by atoms with Gasteiger partial charge in [-0.15, -0.1) is 22.7 Å². The summed E-state index contributed by atoms with van der Waals surface area (Å²) in [5, 5.41) is 5.32. The van der Waals surface area contributed by atoms with Crippen LogP contribution in [0, 0.1) is 0 Å². The zero-order valence-corrected chi connectivity index (χ0v) is 15.5. The fourth-order valence-electron chi connectivity index (χ4n) is 2.53. The number of thiazole rings is 1. The van der Waals surface area contributed by atoms with Crippen molar-refractivity contribution < 1.29 is 9.53 Å². The summed E-state index contributed by atoms with van der Waals surface area (Å²) in [6, 6.07) is 15.7. The first-order valence-corrected chi connectivity index (χ1v) is 9.58. The van der Waals surface area contributed by atoms with Crippen molar-refractivity contribution in [1.82, 2.24) is 9.97 Å². The van der Waals surface area contributed by atoms with Gasteiger partial charge in [0.25, 0.3) is 5.91 Å². The fourth-order valence-corrected chi connectivity index (χ4v) is 4.26. The Morgan fingerprint density at radius 3 is 2.77 bits per heavy atom. The monoisotopic (exact) mass is 381 g/mol. The lowest BCUT2D eigenvalue weighted by Crippen LogP contribution is -2.11. The van der Waals surface area contributed by atoms with Crippen LogP contribution in [-0.2, 0) is 0 Å². The Balaban J connectivity index is 1.57. The van der Waals surface area contributed by atoms with Crippen LogP contribution in [0.3, 0.4) is 0 Å². The molecular formula is C19H15N3O2S2. The first kappa shape index (κ1) is 16.6. The van der Waals surface area contributed by atoms with E-state index in [-0.39, 0.29) is 5.91 Å². The van der Waals surface area contributed by atoms with Crippen LogP contribution in [0.2, 0.25) is 0 Å². The van der Waals surface area contributed by atoms with E-state index in [4.69, 9.17) is 4.74 Å². The molecule has 5 nitrogen and oxygen atoms in total. The molecule has 0 fully saturated rings. The van der Waals surface area contributed by atoms with E-state index in [1.807, 2.05) is 60.1 Å². The SMILES string of the molecule is COc1cc(-c2ccccc2)sc1C(=O)Nc1nc(-c2ccc[nH]2)cs1. The summed E-state index contributed by atoms with van der Waals surface area (Å²) in [5.41, 5.74) is 2.78. The minimum Gasteiger partial charge on any atom is -0.495 e.